The summed E-state index contributed by atoms with van der Waals surface area (Å²) in [6, 6.07) is 3.76. The Hall–Kier alpha value is -2.19. The SMILES string of the molecule is CN1CCN(c2ccc(CNC(=O)Nc3nccs3)cn2)CC1. The monoisotopic (exact) mass is 332 g/mol. The number of carbonyl (C=O) groups is 1. The first kappa shape index (κ1) is 15.7. The van der Waals surface area contributed by atoms with Gasteiger partial charge in [-0.1, -0.05) is 6.07 Å². The van der Waals surface area contributed by atoms with Crippen molar-refractivity contribution < 1.29 is 4.79 Å². The van der Waals surface area contributed by atoms with Crippen molar-refractivity contribution in [3.05, 3.63) is 35.5 Å². The Kier molecular flexibility index (Phi) is 5.04. The van der Waals surface area contributed by atoms with Crippen molar-refractivity contribution in [1.82, 2.24) is 20.2 Å². The molecule has 2 aromatic heterocycles. The summed E-state index contributed by atoms with van der Waals surface area (Å²) in [5.74, 6) is 0.995. The van der Waals surface area contributed by atoms with Crippen molar-refractivity contribution in [2.45, 2.75) is 6.54 Å². The van der Waals surface area contributed by atoms with Crippen LogP contribution in [-0.4, -0.2) is 54.1 Å². The Morgan fingerprint density at radius 2 is 2.09 bits per heavy atom. The molecule has 3 rings (SSSR count). The highest BCUT2D eigenvalue weighted by Gasteiger charge is 2.14. The Morgan fingerprint density at radius 1 is 1.26 bits per heavy atom. The summed E-state index contributed by atoms with van der Waals surface area (Å²) < 4.78 is 0. The van der Waals surface area contributed by atoms with E-state index in [0.29, 0.717) is 11.7 Å². The van der Waals surface area contributed by atoms with Crippen molar-refractivity contribution in [3.63, 3.8) is 0 Å². The highest BCUT2D eigenvalue weighted by atomic mass is 32.1. The fraction of sp³-hybridized carbons (Fsp3) is 0.400. The van der Waals surface area contributed by atoms with Gasteiger partial charge in [-0.3, -0.25) is 5.32 Å². The molecule has 0 aromatic carbocycles. The van der Waals surface area contributed by atoms with Gasteiger partial charge in [0.2, 0.25) is 0 Å². The van der Waals surface area contributed by atoms with E-state index in [4.69, 9.17) is 0 Å². The molecule has 0 radical (unpaired) electrons. The number of urea groups is 1. The molecule has 2 aromatic rings. The van der Waals surface area contributed by atoms with Crippen molar-refractivity contribution in [2.24, 2.45) is 0 Å². The highest BCUT2D eigenvalue weighted by molar-refractivity contribution is 7.13. The minimum atomic E-state index is -0.261. The van der Waals surface area contributed by atoms with Gasteiger partial charge in [-0.25, -0.2) is 14.8 Å². The number of amides is 2. The summed E-state index contributed by atoms with van der Waals surface area (Å²) in [7, 11) is 2.14. The molecule has 1 fully saturated rings. The summed E-state index contributed by atoms with van der Waals surface area (Å²) in [6.45, 7) is 4.55. The predicted octanol–water partition coefficient (Wildman–Crippen LogP) is 1.61. The maximum Gasteiger partial charge on any atom is 0.321 e. The van der Waals surface area contributed by atoms with Gasteiger partial charge in [-0.05, 0) is 18.7 Å². The number of likely N-dealkylation sites (N-methyl/N-ethyl adjacent to an activating group) is 1. The maximum absolute atomic E-state index is 11.7. The van der Waals surface area contributed by atoms with Gasteiger partial charge < -0.3 is 15.1 Å². The lowest BCUT2D eigenvalue weighted by Gasteiger charge is -2.33. The van der Waals surface area contributed by atoms with E-state index in [1.165, 1.54) is 11.3 Å². The second-order valence-electron chi connectivity index (χ2n) is 5.46. The zero-order valence-corrected chi connectivity index (χ0v) is 13.8. The number of rotatable bonds is 4. The topological polar surface area (TPSA) is 73.4 Å². The van der Waals surface area contributed by atoms with Gasteiger partial charge in [0, 0.05) is 50.5 Å². The van der Waals surface area contributed by atoms with Crippen LogP contribution in [0.5, 0.6) is 0 Å². The lowest BCUT2D eigenvalue weighted by molar-refractivity contribution is 0.251. The van der Waals surface area contributed by atoms with Crippen LogP contribution in [0, 0.1) is 0 Å². The number of carbonyl (C=O) groups excluding carboxylic acids is 1. The summed E-state index contributed by atoms with van der Waals surface area (Å²) in [6.07, 6.45) is 3.47. The molecule has 0 bridgehead atoms. The van der Waals surface area contributed by atoms with Crippen molar-refractivity contribution >= 4 is 28.3 Å². The lowest BCUT2D eigenvalue weighted by atomic mass is 10.2. The van der Waals surface area contributed by atoms with E-state index < -0.39 is 0 Å². The molecule has 1 aliphatic heterocycles. The first-order valence-corrected chi connectivity index (χ1v) is 8.41. The smallest absolute Gasteiger partial charge is 0.321 e. The van der Waals surface area contributed by atoms with Gasteiger partial charge >= 0.3 is 6.03 Å². The van der Waals surface area contributed by atoms with Crippen LogP contribution in [0.25, 0.3) is 0 Å². The average Bonchev–Trinajstić information content (AvgIpc) is 3.07. The second-order valence-corrected chi connectivity index (χ2v) is 6.35. The Labute approximate surface area is 139 Å². The molecule has 0 aliphatic carbocycles. The van der Waals surface area contributed by atoms with Crippen LogP contribution in [0.4, 0.5) is 15.7 Å². The standard InChI is InChI=1S/C15H20N6OS/c1-20-5-7-21(8-6-20)13-3-2-12(10-17-13)11-18-14(22)19-15-16-4-9-23-15/h2-4,9-10H,5-8,11H2,1H3,(H2,16,18,19,22). The lowest BCUT2D eigenvalue weighted by Crippen LogP contribution is -2.44. The van der Waals surface area contributed by atoms with Crippen LogP contribution in [0.3, 0.4) is 0 Å². The fourth-order valence-corrected chi connectivity index (χ4v) is 2.88. The predicted molar refractivity (Wildman–Crippen MR) is 91.9 cm³/mol. The van der Waals surface area contributed by atoms with Gasteiger partial charge in [-0.2, -0.15) is 0 Å². The van der Waals surface area contributed by atoms with Crippen LogP contribution in [0.2, 0.25) is 0 Å². The zero-order chi connectivity index (χ0) is 16.1. The summed E-state index contributed by atoms with van der Waals surface area (Å²) in [5, 5.41) is 7.89. The fourth-order valence-electron chi connectivity index (χ4n) is 2.35. The number of thiazole rings is 1. The molecule has 7 nitrogen and oxygen atoms in total. The van der Waals surface area contributed by atoms with Crippen molar-refractivity contribution in [1.29, 1.82) is 0 Å². The van der Waals surface area contributed by atoms with Crippen LogP contribution < -0.4 is 15.5 Å². The molecule has 2 amide bonds. The Bertz CT molecular complexity index is 622. The third kappa shape index (κ3) is 4.40. The molecule has 0 unspecified atom stereocenters. The van der Waals surface area contributed by atoms with Gasteiger partial charge in [-0.15, -0.1) is 11.3 Å². The molecule has 8 heteroatoms. The van der Waals surface area contributed by atoms with Gasteiger partial charge in [0.05, 0.1) is 0 Å². The molecule has 0 atom stereocenters. The molecule has 122 valence electrons. The first-order chi connectivity index (χ1) is 11.2. The minimum absolute atomic E-state index is 0.261. The molecule has 3 heterocycles. The third-order valence-electron chi connectivity index (χ3n) is 3.74. The number of nitrogens with one attached hydrogen (secondary N) is 2. The summed E-state index contributed by atoms with van der Waals surface area (Å²) >= 11 is 1.39. The number of aromatic nitrogens is 2. The largest absolute Gasteiger partial charge is 0.354 e. The van der Waals surface area contributed by atoms with E-state index in [1.807, 2.05) is 23.7 Å². The molecule has 0 saturated carbocycles. The first-order valence-electron chi connectivity index (χ1n) is 7.53. The van der Waals surface area contributed by atoms with Gasteiger partial charge in [0.15, 0.2) is 5.13 Å². The van der Waals surface area contributed by atoms with Gasteiger partial charge in [0.25, 0.3) is 0 Å². The van der Waals surface area contributed by atoms with Crippen LogP contribution in [0.1, 0.15) is 5.56 Å². The third-order valence-corrected chi connectivity index (χ3v) is 4.43. The Morgan fingerprint density at radius 3 is 2.74 bits per heavy atom. The number of hydrogen-bond acceptors (Lipinski definition) is 6. The van der Waals surface area contributed by atoms with E-state index in [1.54, 1.807) is 6.20 Å². The van der Waals surface area contributed by atoms with Crippen LogP contribution in [0.15, 0.2) is 29.9 Å². The summed E-state index contributed by atoms with van der Waals surface area (Å²) in [5.41, 5.74) is 0.970. The highest BCUT2D eigenvalue weighted by Crippen LogP contribution is 2.14. The van der Waals surface area contributed by atoms with E-state index in [0.717, 1.165) is 37.6 Å². The number of anilines is 2. The maximum atomic E-state index is 11.7. The molecule has 1 saturated heterocycles. The van der Waals surface area contributed by atoms with E-state index in [-0.39, 0.29) is 6.03 Å². The number of nitrogens with zero attached hydrogens (tertiary/aromatic N) is 4. The second kappa shape index (κ2) is 7.38. The molecule has 23 heavy (non-hydrogen) atoms. The van der Waals surface area contributed by atoms with E-state index in [2.05, 4.69) is 37.4 Å². The van der Waals surface area contributed by atoms with Crippen molar-refractivity contribution in [2.75, 3.05) is 43.4 Å². The number of hydrogen-bond donors (Lipinski definition) is 2. The molecular formula is C15H20N6OS. The van der Waals surface area contributed by atoms with Crippen LogP contribution >= 0.6 is 11.3 Å². The molecule has 0 spiro atoms. The van der Waals surface area contributed by atoms with E-state index >= 15 is 0 Å². The average molecular weight is 332 g/mol. The van der Waals surface area contributed by atoms with Gasteiger partial charge in [0.1, 0.15) is 5.82 Å². The van der Waals surface area contributed by atoms with E-state index in [9.17, 15) is 4.79 Å². The van der Waals surface area contributed by atoms with Crippen LogP contribution in [-0.2, 0) is 6.54 Å². The van der Waals surface area contributed by atoms with Crippen molar-refractivity contribution in [3.8, 4) is 0 Å². The Balaban J connectivity index is 1.48. The molecule has 2 N–H and O–H groups in total. The normalized spacial score (nSPS) is 15.4. The zero-order valence-electron chi connectivity index (χ0n) is 13.0. The number of piperazine rings is 1. The molecule has 1 aliphatic rings. The minimum Gasteiger partial charge on any atom is -0.354 e. The number of pyridine rings is 1. The quantitative estimate of drug-likeness (QED) is 0.890. The molecular weight excluding hydrogens is 312 g/mol. The summed E-state index contributed by atoms with van der Waals surface area (Å²) in [4.78, 5) is 24.9.